The third kappa shape index (κ3) is 3.73. The Kier molecular flexibility index (Phi) is 5.43. The molecule has 0 bridgehead atoms. The number of H-pyrrole nitrogens is 1. The van der Waals surface area contributed by atoms with Crippen molar-refractivity contribution in [3.63, 3.8) is 0 Å². The molecule has 0 saturated carbocycles. The molecule has 0 fully saturated rings. The Morgan fingerprint density at radius 2 is 1.94 bits per heavy atom. The number of aromatic amines is 1. The number of pyridine rings is 2. The van der Waals surface area contributed by atoms with Crippen molar-refractivity contribution >= 4 is 38.0 Å². The molecule has 14 heteroatoms. The number of ether oxygens (including phenoxy) is 1. The number of methoxy groups -OCH3 is 1. The van der Waals surface area contributed by atoms with Crippen LogP contribution in [0.25, 0.3) is 22.1 Å². The zero-order chi connectivity index (χ0) is 24.1. The van der Waals surface area contributed by atoms with E-state index in [1.807, 2.05) is 0 Å². The van der Waals surface area contributed by atoms with Crippen molar-refractivity contribution in [1.29, 1.82) is 0 Å². The lowest BCUT2D eigenvalue weighted by molar-refractivity contribution is -0.617. The quantitative estimate of drug-likeness (QED) is 0.386. The molecule has 0 spiro atoms. The molecule has 1 unspecified atom stereocenters. The third-order valence-electron chi connectivity index (χ3n) is 4.91. The fourth-order valence-corrected chi connectivity index (χ4v) is 4.43. The number of quaternary nitrogens is 1. The second-order valence-corrected chi connectivity index (χ2v) is 8.82. The number of hydrogen-bond donors (Lipinski definition) is 2. The number of rotatable bonds is 5. The number of nitrogens with zero attached hydrogens (tertiary/aromatic N) is 3. The highest BCUT2D eigenvalue weighted by Crippen LogP contribution is 2.25. The molecular formula is C19H15F2N5O6S. The van der Waals surface area contributed by atoms with Gasteiger partial charge in [0.25, 0.3) is 0 Å². The van der Waals surface area contributed by atoms with E-state index in [4.69, 9.17) is 4.74 Å². The lowest BCUT2D eigenvalue weighted by Crippen LogP contribution is -3.11. The van der Waals surface area contributed by atoms with E-state index in [0.717, 1.165) is 11.5 Å². The predicted molar refractivity (Wildman–Crippen MR) is 110 cm³/mol. The average Bonchev–Trinajstić information content (AvgIpc) is 3.10. The summed E-state index contributed by atoms with van der Waals surface area (Å²) in [6.07, 6.45) is 1.33. The van der Waals surface area contributed by atoms with E-state index in [2.05, 4.69) is 15.0 Å². The summed E-state index contributed by atoms with van der Waals surface area (Å²) < 4.78 is 58.1. The van der Waals surface area contributed by atoms with Crippen molar-refractivity contribution in [3.05, 3.63) is 63.4 Å². The molecule has 0 aliphatic heterocycles. The van der Waals surface area contributed by atoms with Crippen LogP contribution in [0.2, 0.25) is 0 Å². The standard InChI is InChI=1S/C19H15F2N5O6S/c1-9(27)26(29)33(30,31)10-5-13(20)12(14(21)6-10)8-25-17-11-3-4-16(32-2)24-18(11)22-7-15(17)23-19(25)28/h3-7,26H,8H2,1-2H3,(H,23,28). The Hall–Kier alpha value is -3.75. The molecule has 0 radical (unpaired) electrons. The second-order valence-electron chi connectivity index (χ2n) is 6.97. The van der Waals surface area contributed by atoms with E-state index in [1.54, 1.807) is 6.07 Å². The molecule has 33 heavy (non-hydrogen) atoms. The summed E-state index contributed by atoms with van der Waals surface area (Å²) in [6, 6.07) is 3.97. The Morgan fingerprint density at radius 1 is 1.27 bits per heavy atom. The van der Waals surface area contributed by atoms with Crippen LogP contribution in [-0.4, -0.2) is 41.0 Å². The smallest absolute Gasteiger partial charge is 0.332 e. The molecule has 4 aromatic rings. The van der Waals surface area contributed by atoms with E-state index in [1.165, 1.54) is 19.4 Å². The number of sulfonamides is 1. The van der Waals surface area contributed by atoms with E-state index >= 15 is 0 Å². The Morgan fingerprint density at radius 3 is 2.55 bits per heavy atom. The van der Waals surface area contributed by atoms with Gasteiger partial charge in [-0.1, -0.05) is 0 Å². The van der Waals surface area contributed by atoms with E-state index in [0.29, 0.717) is 17.5 Å². The summed E-state index contributed by atoms with van der Waals surface area (Å²) in [5, 5.41) is 12.0. The van der Waals surface area contributed by atoms with Gasteiger partial charge in [0.05, 0.1) is 37.8 Å². The number of aromatic nitrogens is 4. The normalized spacial score (nSPS) is 12.9. The van der Waals surface area contributed by atoms with Crippen LogP contribution in [0.3, 0.4) is 0 Å². The van der Waals surface area contributed by atoms with Crippen LogP contribution in [0.15, 0.2) is 40.2 Å². The molecule has 1 amide bonds. The number of fused-ring (bicyclic) bond motifs is 3. The average molecular weight is 479 g/mol. The lowest BCUT2D eigenvalue weighted by Gasteiger charge is -2.17. The summed E-state index contributed by atoms with van der Waals surface area (Å²) >= 11 is 0. The molecule has 0 aliphatic carbocycles. The Balaban J connectivity index is 1.85. The van der Waals surface area contributed by atoms with Crippen LogP contribution in [0, 0.1) is 16.8 Å². The number of carbonyl (C=O) groups excluding carboxylic acids is 1. The van der Waals surface area contributed by atoms with E-state index in [-0.39, 0.29) is 22.6 Å². The minimum atomic E-state index is -4.91. The zero-order valence-corrected chi connectivity index (χ0v) is 17.9. The second kappa shape index (κ2) is 7.99. The third-order valence-corrected chi connectivity index (χ3v) is 6.55. The van der Waals surface area contributed by atoms with Gasteiger partial charge < -0.3 is 14.9 Å². The van der Waals surface area contributed by atoms with Gasteiger partial charge in [0, 0.05) is 17.0 Å². The van der Waals surface area contributed by atoms with E-state index in [9.17, 15) is 32.0 Å². The number of hydroxylamine groups is 1. The highest BCUT2D eigenvalue weighted by atomic mass is 32.2. The summed E-state index contributed by atoms with van der Waals surface area (Å²) in [7, 11) is -3.50. The van der Waals surface area contributed by atoms with Crippen molar-refractivity contribution in [2.75, 3.05) is 7.11 Å². The van der Waals surface area contributed by atoms with Crippen molar-refractivity contribution in [1.82, 2.24) is 19.5 Å². The zero-order valence-electron chi connectivity index (χ0n) is 17.0. The summed E-state index contributed by atoms with van der Waals surface area (Å²) in [6.45, 7) is 0.122. The first-order valence-electron chi connectivity index (χ1n) is 9.24. The fraction of sp³-hybridized carbons (Fsp3) is 0.158. The van der Waals surface area contributed by atoms with Crippen molar-refractivity contribution < 1.29 is 31.2 Å². The number of imidazole rings is 1. The molecular weight excluding hydrogens is 464 g/mol. The fourth-order valence-electron chi connectivity index (χ4n) is 3.32. The Bertz CT molecular complexity index is 1570. The van der Waals surface area contributed by atoms with Crippen LogP contribution in [0.1, 0.15) is 12.5 Å². The first kappa shape index (κ1) is 22.4. The molecule has 172 valence electrons. The molecule has 0 aliphatic rings. The summed E-state index contributed by atoms with van der Waals surface area (Å²) in [5.41, 5.74) is -0.551. The minimum Gasteiger partial charge on any atom is -0.610 e. The van der Waals surface area contributed by atoms with Gasteiger partial charge in [-0.2, -0.15) is 17.9 Å². The van der Waals surface area contributed by atoms with Crippen molar-refractivity contribution in [2.24, 2.45) is 0 Å². The van der Waals surface area contributed by atoms with Gasteiger partial charge in [0.1, 0.15) is 16.5 Å². The minimum absolute atomic E-state index is 0.222. The van der Waals surface area contributed by atoms with Crippen LogP contribution in [0.5, 0.6) is 5.88 Å². The number of halogens is 2. The molecule has 3 heterocycles. The molecule has 0 saturated heterocycles. The van der Waals surface area contributed by atoms with Crippen LogP contribution in [0.4, 0.5) is 8.78 Å². The van der Waals surface area contributed by atoms with Gasteiger partial charge in [-0.15, -0.1) is 0 Å². The summed E-state index contributed by atoms with van der Waals surface area (Å²) in [5.74, 6) is -3.66. The van der Waals surface area contributed by atoms with Gasteiger partial charge in [0.15, 0.2) is 5.65 Å². The van der Waals surface area contributed by atoms with Crippen LogP contribution < -0.4 is 14.9 Å². The van der Waals surface area contributed by atoms with Crippen molar-refractivity contribution in [3.8, 4) is 5.88 Å². The highest BCUT2D eigenvalue weighted by molar-refractivity contribution is 7.85. The monoisotopic (exact) mass is 479 g/mol. The maximum atomic E-state index is 14.8. The van der Waals surface area contributed by atoms with Gasteiger partial charge in [-0.3, -0.25) is 4.57 Å². The maximum Gasteiger partial charge on any atom is 0.332 e. The number of nitrogens with one attached hydrogen (secondary N) is 2. The number of amides is 1. The van der Waals surface area contributed by atoms with Gasteiger partial charge in [-0.25, -0.2) is 23.4 Å². The molecule has 4 rings (SSSR count). The SMILES string of the molecule is COc1ccc2c(ncc3[nH]c(=O)n(Cc4c(F)cc(S(=O)(=O)[NH+]([O-])C(C)=O)cc4F)c32)n1. The van der Waals surface area contributed by atoms with Gasteiger partial charge in [-0.05, 0) is 18.2 Å². The predicted octanol–water partition coefficient (Wildman–Crippen LogP) is 0.226. The number of benzene rings is 1. The number of carbonyl (C=O) groups is 1. The topological polar surface area (TPSA) is 152 Å². The molecule has 2 N–H and O–H groups in total. The number of hydrogen-bond acceptors (Lipinski definition) is 8. The first-order chi connectivity index (χ1) is 15.5. The molecule has 3 aromatic heterocycles. The van der Waals surface area contributed by atoms with Gasteiger partial charge >= 0.3 is 21.6 Å². The van der Waals surface area contributed by atoms with Crippen LogP contribution >= 0.6 is 0 Å². The lowest BCUT2D eigenvalue weighted by atomic mass is 10.2. The van der Waals surface area contributed by atoms with Crippen LogP contribution in [-0.2, 0) is 21.4 Å². The van der Waals surface area contributed by atoms with E-state index < -0.39 is 54.7 Å². The first-order valence-corrected chi connectivity index (χ1v) is 10.7. The highest BCUT2D eigenvalue weighted by Gasteiger charge is 2.29. The van der Waals surface area contributed by atoms with Gasteiger partial charge in [0.2, 0.25) is 5.88 Å². The summed E-state index contributed by atoms with van der Waals surface area (Å²) in [4.78, 5) is 33.5. The molecule has 11 nitrogen and oxygen atoms in total. The van der Waals surface area contributed by atoms with Crippen molar-refractivity contribution in [2.45, 2.75) is 18.4 Å². The molecule has 1 aromatic carbocycles. The Labute approximate surface area is 183 Å². The molecule has 1 atom stereocenters. The largest absolute Gasteiger partial charge is 0.610 e. The maximum absolute atomic E-state index is 14.8.